The Kier molecular flexibility index (Phi) is 4.83. The van der Waals surface area contributed by atoms with Crippen LogP contribution < -0.4 is 0 Å². The van der Waals surface area contributed by atoms with Crippen molar-refractivity contribution in [2.75, 3.05) is 20.1 Å². The van der Waals surface area contributed by atoms with Crippen molar-refractivity contribution in [2.24, 2.45) is 0 Å². The van der Waals surface area contributed by atoms with Crippen molar-refractivity contribution < 1.29 is 13.2 Å². The lowest BCUT2D eigenvalue weighted by Crippen LogP contribution is -2.31. The van der Waals surface area contributed by atoms with E-state index in [0.29, 0.717) is 17.2 Å². The van der Waals surface area contributed by atoms with E-state index in [1.807, 2.05) is 19.1 Å². The van der Waals surface area contributed by atoms with Crippen molar-refractivity contribution in [2.45, 2.75) is 31.9 Å². The van der Waals surface area contributed by atoms with Crippen LogP contribution in [0.5, 0.6) is 0 Å². The summed E-state index contributed by atoms with van der Waals surface area (Å²) >= 11 is 0. The second-order valence-corrected chi connectivity index (χ2v) is 7.59. The van der Waals surface area contributed by atoms with Gasteiger partial charge in [-0.1, -0.05) is 30.3 Å². The number of nitrogens with zero attached hydrogens (tertiary/aromatic N) is 3. The van der Waals surface area contributed by atoms with Crippen molar-refractivity contribution in [3.05, 3.63) is 59.2 Å². The van der Waals surface area contributed by atoms with E-state index in [1.54, 1.807) is 0 Å². The summed E-state index contributed by atoms with van der Waals surface area (Å²) in [5, 5.41) is 9.91. The zero-order valence-corrected chi connectivity index (χ0v) is 15.9. The molecule has 1 atom stereocenters. The van der Waals surface area contributed by atoms with E-state index in [-0.39, 0.29) is 0 Å². The molecule has 28 heavy (non-hydrogen) atoms. The van der Waals surface area contributed by atoms with Crippen LogP contribution in [0.25, 0.3) is 22.2 Å². The molecule has 2 heterocycles. The number of aromatic nitrogens is 2. The van der Waals surface area contributed by atoms with E-state index in [2.05, 4.69) is 28.2 Å². The molecule has 1 aliphatic rings. The number of piperidine rings is 1. The van der Waals surface area contributed by atoms with Crippen molar-refractivity contribution in [1.82, 2.24) is 15.1 Å². The lowest BCUT2D eigenvalue weighted by atomic mass is 9.88. The second-order valence-electron chi connectivity index (χ2n) is 7.59. The number of fused-ring (bicyclic) bond motifs is 1. The van der Waals surface area contributed by atoms with Crippen molar-refractivity contribution >= 4 is 10.9 Å². The Hall–Kier alpha value is -2.47. The van der Waals surface area contributed by atoms with Crippen LogP contribution in [0.15, 0.2) is 42.5 Å². The minimum absolute atomic E-state index is 0.424. The van der Waals surface area contributed by atoms with Gasteiger partial charge in [0.25, 0.3) is 0 Å². The van der Waals surface area contributed by atoms with Crippen LogP contribution in [0, 0.1) is 6.92 Å². The van der Waals surface area contributed by atoms with E-state index in [9.17, 15) is 13.2 Å². The summed E-state index contributed by atoms with van der Waals surface area (Å²) in [7, 11) is 2.14. The molecule has 1 saturated heterocycles. The SMILES string of the molecule is Cc1c(-c2ccc(C(F)(F)F)cc2)nnc2c([C@H]3CCCN(C)C3)cccc12. The minimum Gasteiger partial charge on any atom is -0.306 e. The van der Waals surface area contributed by atoms with Gasteiger partial charge < -0.3 is 4.90 Å². The largest absolute Gasteiger partial charge is 0.416 e. The summed E-state index contributed by atoms with van der Waals surface area (Å²) < 4.78 is 38.5. The predicted molar refractivity (Wildman–Crippen MR) is 104 cm³/mol. The third-order valence-electron chi connectivity index (χ3n) is 5.63. The number of aryl methyl sites for hydroxylation is 1. The first-order valence-electron chi connectivity index (χ1n) is 9.46. The van der Waals surface area contributed by atoms with E-state index in [1.165, 1.54) is 17.7 Å². The number of hydrogen-bond donors (Lipinski definition) is 0. The van der Waals surface area contributed by atoms with E-state index >= 15 is 0 Å². The molecule has 0 N–H and O–H groups in total. The fourth-order valence-electron chi connectivity index (χ4n) is 4.12. The van der Waals surface area contributed by atoms with E-state index < -0.39 is 11.7 Å². The Morgan fingerprint density at radius 2 is 1.79 bits per heavy atom. The number of rotatable bonds is 2. The highest BCUT2D eigenvalue weighted by Gasteiger charge is 2.30. The van der Waals surface area contributed by atoms with Crippen LogP contribution in [0.3, 0.4) is 0 Å². The summed E-state index contributed by atoms with van der Waals surface area (Å²) in [5.41, 5.74) is 3.65. The smallest absolute Gasteiger partial charge is 0.306 e. The Morgan fingerprint density at radius 3 is 2.46 bits per heavy atom. The Morgan fingerprint density at radius 1 is 1.04 bits per heavy atom. The first-order chi connectivity index (χ1) is 13.3. The number of halogens is 3. The molecule has 3 aromatic rings. The molecule has 4 rings (SSSR count). The second kappa shape index (κ2) is 7.17. The first-order valence-corrected chi connectivity index (χ1v) is 9.46. The molecular formula is C22H22F3N3. The van der Waals surface area contributed by atoms with Crippen LogP contribution in [-0.4, -0.2) is 35.2 Å². The maximum absolute atomic E-state index is 12.8. The molecule has 2 aromatic carbocycles. The minimum atomic E-state index is -4.34. The standard InChI is InChI=1S/C22H22F3N3/c1-14-18-6-3-7-19(16-5-4-12-28(2)13-16)21(18)27-26-20(14)15-8-10-17(11-9-15)22(23,24)25/h3,6-11,16H,4-5,12-13H2,1-2H3/t16-/m0/s1. The highest BCUT2D eigenvalue weighted by Crippen LogP contribution is 2.35. The topological polar surface area (TPSA) is 29.0 Å². The monoisotopic (exact) mass is 385 g/mol. The summed E-state index contributed by atoms with van der Waals surface area (Å²) in [6.45, 7) is 4.07. The van der Waals surface area contributed by atoms with Gasteiger partial charge in [-0.25, -0.2) is 0 Å². The lowest BCUT2D eigenvalue weighted by molar-refractivity contribution is -0.137. The number of likely N-dealkylation sites (tertiary alicyclic amines) is 1. The van der Waals surface area contributed by atoms with E-state index in [4.69, 9.17) is 0 Å². The van der Waals surface area contributed by atoms with Crippen LogP contribution in [-0.2, 0) is 6.18 Å². The fraction of sp³-hybridized carbons (Fsp3) is 0.364. The third-order valence-corrected chi connectivity index (χ3v) is 5.63. The van der Waals surface area contributed by atoms with Crippen molar-refractivity contribution in [3.63, 3.8) is 0 Å². The summed E-state index contributed by atoms with van der Waals surface area (Å²) in [6, 6.07) is 11.3. The van der Waals surface area contributed by atoms with Crippen LogP contribution in [0.1, 0.15) is 35.4 Å². The highest BCUT2D eigenvalue weighted by molar-refractivity contribution is 5.89. The molecule has 0 bridgehead atoms. The molecule has 0 spiro atoms. The molecule has 1 aliphatic heterocycles. The maximum atomic E-state index is 12.8. The number of hydrogen-bond acceptors (Lipinski definition) is 3. The van der Waals surface area contributed by atoms with Crippen molar-refractivity contribution in [3.8, 4) is 11.3 Å². The molecule has 1 fully saturated rings. The molecule has 3 nitrogen and oxygen atoms in total. The molecule has 146 valence electrons. The van der Waals surface area contributed by atoms with Gasteiger partial charge >= 0.3 is 6.18 Å². The fourth-order valence-corrected chi connectivity index (χ4v) is 4.12. The van der Waals surface area contributed by atoms with Crippen LogP contribution >= 0.6 is 0 Å². The lowest BCUT2D eigenvalue weighted by Gasteiger charge is -2.30. The maximum Gasteiger partial charge on any atom is 0.416 e. The van der Waals surface area contributed by atoms with Gasteiger partial charge in [-0.3, -0.25) is 0 Å². The van der Waals surface area contributed by atoms with Crippen LogP contribution in [0.2, 0.25) is 0 Å². The van der Waals surface area contributed by atoms with E-state index in [0.717, 1.165) is 54.5 Å². The average molecular weight is 385 g/mol. The molecule has 0 aliphatic carbocycles. The molecule has 6 heteroatoms. The molecular weight excluding hydrogens is 363 g/mol. The van der Waals surface area contributed by atoms with Gasteiger partial charge in [0.15, 0.2) is 0 Å². The highest BCUT2D eigenvalue weighted by atomic mass is 19.4. The number of benzene rings is 2. The first kappa shape index (κ1) is 18.9. The van der Waals surface area contributed by atoms with Gasteiger partial charge in [-0.15, -0.1) is 10.2 Å². The predicted octanol–water partition coefficient (Wildman–Crippen LogP) is 5.43. The van der Waals surface area contributed by atoms with Gasteiger partial charge in [-0.05, 0) is 62.5 Å². The Labute approximate surface area is 162 Å². The average Bonchev–Trinajstić information content (AvgIpc) is 2.67. The van der Waals surface area contributed by atoms with Gasteiger partial charge in [0, 0.05) is 17.5 Å². The van der Waals surface area contributed by atoms with Crippen molar-refractivity contribution in [1.29, 1.82) is 0 Å². The molecule has 0 radical (unpaired) electrons. The number of alkyl halides is 3. The van der Waals surface area contributed by atoms with Crippen LogP contribution in [0.4, 0.5) is 13.2 Å². The van der Waals surface area contributed by atoms with Gasteiger partial charge in [-0.2, -0.15) is 13.2 Å². The number of likely N-dealkylation sites (N-methyl/N-ethyl adjacent to an activating group) is 1. The molecule has 0 amide bonds. The zero-order chi connectivity index (χ0) is 19.9. The molecule has 0 saturated carbocycles. The zero-order valence-electron chi connectivity index (χ0n) is 15.9. The Balaban J connectivity index is 1.75. The normalized spacial score (nSPS) is 18.5. The molecule has 1 aromatic heterocycles. The molecule has 0 unspecified atom stereocenters. The quantitative estimate of drug-likeness (QED) is 0.589. The summed E-state index contributed by atoms with van der Waals surface area (Å²) in [5.74, 6) is 0.424. The van der Waals surface area contributed by atoms with Gasteiger partial charge in [0.1, 0.15) is 0 Å². The summed E-state index contributed by atoms with van der Waals surface area (Å²) in [6.07, 6.45) is -2.05. The Bertz CT molecular complexity index is 996. The summed E-state index contributed by atoms with van der Waals surface area (Å²) in [4.78, 5) is 2.34. The van der Waals surface area contributed by atoms with Gasteiger partial charge in [0.2, 0.25) is 0 Å². The van der Waals surface area contributed by atoms with Gasteiger partial charge in [0.05, 0.1) is 16.8 Å². The third kappa shape index (κ3) is 3.49.